The molecule has 0 bridgehead atoms. The van der Waals surface area contributed by atoms with E-state index in [2.05, 4.69) is 23.3 Å². The number of carbonyl (C=O) groups is 1. The molecule has 2 heterocycles. The van der Waals surface area contributed by atoms with E-state index >= 15 is 0 Å². The Labute approximate surface area is 132 Å². The number of nitrogens with two attached hydrogens (primary N) is 1. The summed E-state index contributed by atoms with van der Waals surface area (Å²) in [6.07, 6.45) is 0. The largest absolute Gasteiger partial charge is 0.382 e. The zero-order valence-corrected chi connectivity index (χ0v) is 14.3. The molecule has 3 N–H and O–H groups in total. The van der Waals surface area contributed by atoms with Crippen LogP contribution in [-0.2, 0) is 0 Å². The van der Waals surface area contributed by atoms with Gasteiger partial charge in [-0.3, -0.25) is 4.79 Å². The first-order chi connectivity index (χ1) is 9.92. The smallest absolute Gasteiger partial charge is 0.265 e. The zero-order valence-electron chi connectivity index (χ0n) is 12.6. The van der Waals surface area contributed by atoms with E-state index in [1.54, 1.807) is 11.3 Å². The van der Waals surface area contributed by atoms with Crippen LogP contribution in [0.4, 0.5) is 10.9 Å². The number of anilines is 2. The molecule has 0 aliphatic carbocycles. The molecule has 0 aromatic carbocycles. The van der Waals surface area contributed by atoms with Crippen molar-refractivity contribution < 1.29 is 4.79 Å². The quantitative estimate of drug-likeness (QED) is 0.887. The lowest BCUT2D eigenvalue weighted by Gasteiger charge is -2.12. The van der Waals surface area contributed by atoms with Crippen molar-refractivity contribution in [1.82, 2.24) is 10.3 Å². The number of carbonyl (C=O) groups excluding carboxylic acids is 1. The minimum atomic E-state index is -0.167. The zero-order chi connectivity index (χ0) is 15.6. The molecule has 0 aliphatic rings. The van der Waals surface area contributed by atoms with Gasteiger partial charge in [-0.25, -0.2) is 4.98 Å². The second-order valence-electron chi connectivity index (χ2n) is 4.87. The third-order valence-electron chi connectivity index (χ3n) is 3.18. The van der Waals surface area contributed by atoms with E-state index in [1.165, 1.54) is 16.2 Å². The van der Waals surface area contributed by atoms with Crippen molar-refractivity contribution in [1.29, 1.82) is 0 Å². The van der Waals surface area contributed by atoms with E-state index < -0.39 is 0 Å². The summed E-state index contributed by atoms with van der Waals surface area (Å²) in [6, 6.07) is 4.06. The molecule has 2 rings (SSSR count). The average Bonchev–Trinajstić information content (AvgIpc) is 3.04. The summed E-state index contributed by atoms with van der Waals surface area (Å²) >= 11 is 3.01. The molecule has 5 nitrogen and oxygen atoms in total. The third-order valence-corrected chi connectivity index (χ3v) is 5.55. The summed E-state index contributed by atoms with van der Waals surface area (Å²) in [5.74, 6) is 0.127. The predicted octanol–water partition coefficient (Wildman–Crippen LogP) is 3.04. The number of aryl methyl sites for hydroxylation is 1. The lowest BCUT2D eigenvalue weighted by atomic mass is 10.2. The maximum Gasteiger partial charge on any atom is 0.265 e. The molecule has 0 saturated carbocycles. The van der Waals surface area contributed by atoms with Gasteiger partial charge in [0.2, 0.25) is 0 Å². The lowest BCUT2D eigenvalue weighted by Crippen LogP contribution is -2.26. The number of rotatable bonds is 5. The number of nitrogens with one attached hydrogen (secondary N) is 1. The summed E-state index contributed by atoms with van der Waals surface area (Å²) in [7, 11) is 1.93. The van der Waals surface area contributed by atoms with Crippen LogP contribution in [0.3, 0.4) is 0 Å². The number of nitrogens with zero attached hydrogens (tertiary/aromatic N) is 2. The number of hydrogen-bond acceptors (Lipinski definition) is 6. The van der Waals surface area contributed by atoms with Crippen molar-refractivity contribution in [2.45, 2.75) is 26.8 Å². The first-order valence-corrected chi connectivity index (χ1v) is 8.40. The highest BCUT2D eigenvalue weighted by molar-refractivity contribution is 7.18. The number of nitrogen functional groups attached to an aromatic ring is 1. The summed E-state index contributed by atoms with van der Waals surface area (Å²) < 4.78 is 0. The topological polar surface area (TPSA) is 71.2 Å². The van der Waals surface area contributed by atoms with Crippen LogP contribution in [0.5, 0.6) is 0 Å². The van der Waals surface area contributed by atoms with Crippen molar-refractivity contribution in [3.05, 3.63) is 26.8 Å². The van der Waals surface area contributed by atoms with E-state index in [0.29, 0.717) is 10.7 Å². The van der Waals surface area contributed by atoms with E-state index in [0.717, 1.165) is 16.6 Å². The molecule has 7 heteroatoms. The number of thiazole rings is 1. The van der Waals surface area contributed by atoms with E-state index in [9.17, 15) is 4.79 Å². The highest BCUT2D eigenvalue weighted by Gasteiger charge is 2.20. The van der Waals surface area contributed by atoms with Gasteiger partial charge in [-0.15, -0.1) is 11.3 Å². The first-order valence-electron chi connectivity index (χ1n) is 6.77. The number of hydrogen-bond donors (Lipinski definition) is 2. The molecule has 0 spiro atoms. The number of thiophene rings is 1. The molecule has 0 aliphatic heterocycles. The van der Waals surface area contributed by atoms with Crippen LogP contribution in [0, 0.1) is 6.92 Å². The Morgan fingerprint density at radius 2 is 2.19 bits per heavy atom. The second-order valence-corrected chi connectivity index (χ2v) is 7.17. The molecule has 2 aromatic rings. The molecule has 0 saturated heterocycles. The van der Waals surface area contributed by atoms with E-state index in [-0.39, 0.29) is 11.9 Å². The predicted molar refractivity (Wildman–Crippen MR) is 90.4 cm³/mol. The normalized spacial score (nSPS) is 12.2. The summed E-state index contributed by atoms with van der Waals surface area (Å²) in [4.78, 5) is 21.4. The maximum absolute atomic E-state index is 12.3. The molecular formula is C14H20N4OS2. The SMILES string of the molecule is CCN(C)c1nc(N)c(C(=O)NC(C)c2ccc(C)s2)s1. The third kappa shape index (κ3) is 3.54. The van der Waals surface area contributed by atoms with Gasteiger partial charge in [0.15, 0.2) is 5.13 Å². The van der Waals surface area contributed by atoms with Crippen LogP contribution in [0.2, 0.25) is 0 Å². The van der Waals surface area contributed by atoms with Crippen molar-refractivity contribution >= 4 is 39.5 Å². The fourth-order valence-electron chi connectivity index (χ4n) is 1.80. The summed E-state index contributed by atoms with van der Waals surface area (Å²) in [5, 5.41) is 3.74. The average molecular weight is 324 g/mol. The Bertz CT molecular complexity index is 635. The maximum atomic E-state index is 12.3. The Hall–Kier alpha value is -1.60. The fourth-order valence-corrected chi connectivity index (χ4v) is 3.59. The van der Waals surface area contributed by atoms with Gasteiger partial charge in [0.1, 0.15) is 10.7 Å². The van der Waals surface area contributed by atoms with E-state index in [1.807, 2.05) is 31.9 Å². The standard InChI is InChI=1S/C14H20N4OS2/c1-5-18(4)14-17-12(15)11(21-14)13(19)16-9(3)10-7-6-8(2)20-10/h6-7,9H,5,15H2,1-4H3,(H,16,19). The molecule has 1 unspecified atom stereocenters. The number of amides is 1. The van der Waals surface area contributed by atoms with Gasteiger partial charge in [0.25, 0.3) is 5.91 Å². The van der Waals surface area contributed by atoms with Gasteiger partial charge < -0.3 is 16.0 Å². The summed E-state index contributed by atoms with van der Waals surface area (Å²) in [5.41, 5.74) is 5.87. The fraction of sp³-hybridized carbons (Fsp3) is 0.429. The molecule has 2 aromatic heterocycles. The molecule has 21 heavy (non-hydrogen) atoms. The Kier molecular flexibility index (Phi) is 4.84. The highest BCUT2D eigenvalue weighted by atomic mass is 32.1. The molecular weight excluding hydrogens is 304 g/mol. The van der Waals surface area contributed by atoms with Crippen molar-refractivity contribution in [2.24, 2.45) is 0 Å². The molecule has 1 atom stereocenters. The number of aromatic nitrogens is 1. The Morgan fingerprint density at radius 1 is 1.48 bits per heavy atom. The van der Waals surface area contributed by atoms with E-state index in [4.69, 9.17) is 5.73 Å². The van der Waals surface area contributed by atoms with Gasteiger partial charge in [-0.2, -0.15) is 0 Å². The van der Waals surface area contributed by atoms with Gasteiger partial charge in [0, 0.05) is 23.3 Å². The van der Waals surface area contributed by atoms with Crippen LogP contribution >= 0.6 is 22.7 Å². The Morgan fingerprint density at radius 3 is 2.76 bits per heavy atom. The summed E-state index contributed by atoms with van der Waals surface area (Å²) in [6.45, 7) is 6.87. The van der Waals surface area contributed by atoms with Crippen molar-refractivity contribution in [2.75, 3.05) is 24.2 Å². The lowest BCUT2D eigenvalue weighted by molar-refractivity contribution is 0.0945. The molecule has 0 radical (unpaired) electrons. The minimum absolute atomic E-state index is 0.0370. The minimum Gasteiger partial charge on any atom is -0.382 e. The Balaban J connectivity index is 2.11. The first kappa shape index (κ1) is 15.8. The molecule has 114 valence electrons. The van der Waals surface area contributed by atoms with Crippen molar-refractivity contribution in [3.8, 4) is 0 Å². The van der Waals surface area contributed by atoms with Gasteiger partial charge in [-0.05, 0) is 32.9 Å². The van der Waals surface area contributed by atoms with Gasteiger partial charge >= 0.3 is 0 Å². The van der Waals surface area contributed by atoms with Crippen LogP contribution in [0.15, 0.2) is 12.1 Å². The molecule has 0 fully saturated rings. The van der Waals surface area contributed by atoms with Crippen LogP contribution in [-0.4, -0.2) is 24.5 Å². The second kappa shape index (κ2) is 6.44. The van der Waals surface area contributed by atoms with Gasteiger partial charge in [0.05, 0.1) is 6.04 Å². The highest BCUT2D eigenvalue weighted by Crippen LogP contribution is 2.28. The monoisotopic (exact) mass is 324 g/mol. The molecule has 1 amide bonds. The van der Waals surface area contributed by atoms with Crippen LogP contribution in [0.1, 0.15) is 39.3 Å². The van der Waals surface area contributed by atoms with Crippen LogP contribution < -0.4 is 16.0 Å². The van der Waals surface area contributed by atoms with Crippen molar-refractivity contribution in [3.63, 3.8) is 0 Å². The van der Waals surface area contributed by atoms with Crippen LogP contribution in [0.25, 0.3) is 0 Å². The van der Waals surface area contributed by atoms with Gasteiger partial charge in [-0.1, -0.05) is 11.3 Å².